The molecule has 1 N–H and O–H groups in total. The van der Waals surface area contributed by atoms with Gasteiger partial charge in [0.15, 0.2) is 0 Å². The third-order valence-corrected chi connectivity index (χ3v) is 4.94. The second-order valence-electron chi connectivity index (χ2n) is 6.20. The topological polar surface area (TPSA) is 38.3 Å². The highest BCUT2D eigenvalue weighted by Gasteiger charge is 2.71. The molecule has 0 unspecified atom stereocenters. The van der Waals surface area contributed by atoms with Crippen LogP contribution in [0.1, 0.15) is 38.5 Å². The molecule has 2 bridgehead atoms. The van der Waals surface area contributed by atoms with Gasteiger partial charge in [-0.25, -0.2) is 0 Å². The van der Waals surface area contributed by atoms with Crippen LogP contribution in [0.2, 0.25) is 0 Å². The average molecular weight is 223 g/mol. The fraction of sp³-hybridized carbons (Fsp3) is 0.923. The molecule has 1 heterocycles. The van der Waals surface area contributed by atoms with E-state index in [4.69, 9.17) is 4.74 Å². The number of piperidine rings is 1. The van der Waals surface area contributed by atoms with Crippen molar-refractivity contribution in [1.29, 1.82) is 0 Å². The number of ether oxygens (including phenoxy) is 1. The molecule has 4 aliphatic rings. The van der Waals surface area contributed by atoms with Crippen LogP contribution in [0.25, 0.3) is 0 Å². The lowest BCUT2D eigenvalue weighted by Gasteiger charge is -2.69. The van der Waals surface area contributed by atoms with E-state index < -0.39 is 0 Å². The number of carbonyl (C=O) groups is 1. The van der Waals surface area contributed by atoms with Gasteiger partial charge in [0, 0.05) is 0 Å². The molecule has 0 aromatic heterocycles. The first-order valence-electron chi connectivity index (χ1n) is 6.47. The summed E-state index contributed by atoms with van der Waals surface area (Å²) in [6.45, 7) is 2.37. The second kappa shape index (κ2) is 3.46. The maximum Gasteiger partial charge on any atom is 0.311 e. The lowest BCUT2D eigenvalue weighted by Crippen LogP contribution is -2.66. The van der Waals surface area contributed by atoms with Crippen LogP contribution in [0.3, 0.4) is 0 Å². The van der Waals surface area contributed by atoms with Gasteiger partial charge in [-0.05, 0) is 62.9 Å². The zero-order valence-corrected chi connectivity index (χ0v) is 10.1. The largest absolute Gasteiger partial charge is 0.469 e. The van der Waals surface area contributed by atoms with Gasteiger partial charge >= 0.3 is 5.97 Å². The molecule has 0 aromatic carbocycles. The van der Waals surface area contributed by atoms with E-state index in [9.17, 15) is 4.79 Å². The van der Waals surface area contributed by atoms with Crippen LogP contribution < -0.4 is 5.32 Å². The van der Waals surface area contributed by atoms with Gasteiger partial charge in [-0.3, -0.25) is 4.79 Å². The molecule has 0 atom stereocenters. The highest BCUT2D eigenvalue weighted by molar-refractivity contribution is 5.81. The number of methoxy groups -OCH3 is 1. The zero-order chi connectivity index (χ0) is 11.2. The van der Waals surface area contributed by atoms with Crippen molar-refractivity contribution in [3.8, 4) is 0 Å². The van der Waals surface area contributed by atoms with Crippen LogP contribution in [0.4, 0.5) is 0 Å². The molecule has 0 radical (unpaired) electrons. The lowest BCUT2D eigenvalue weighted by atomic mass is 9.33. The Kier molecular flexibility index (Phi) is 2.29. The fourth-order valence-electron chi connectivity index (χ4n) is 4.35. The van der Waals surface area contributed by atoms with E-state index in [1.54, 1.807) is 0 Å². The Labute approximate surface area is 96.9 Å². The molecular formula is C13H21NO2. The predicted octanol–water partition coefficient (Wildman–Crippen LogP) is 1.72. The molecule has 3 aliphatic carbocycles. The summed E-state index contributed by atoms with van der Waals surface area (Å²) >= 11 is 0. The van der Waals surface area contributed by atoms with Gasteiger partial charge in [0.25, 0.3) is 0 Å². The van der Waals surface area contributed by atoms with Crippen LogP contribution in [0.15, 0.2) is 0 Å². The van der Waals surface area contributed by atoms with Crippen molar-refractivity contribution in [1.82, 2.24) is 5.32 Å². The Bertz CT molecular complexity index is 287. The third kappa shape index (κ3) is 1.41. The van der Waals surface area contributed by atoms with Gasteiger partial charge in [-0.2, -0.15) is 0 Å². The first-order chi connectivity index (χ1) is 7.68. The summed E-state index contributed by atoms with van der Waals surface area (Å²) in [5.74, 6) is 0.942. The van der Waals surface area contributed by atoms with Gasteiger partial charge in [-0.1, -0.05) is 0 Å². The Morgan fingerprint density at radius 3 is 2.50 bits per heavy atom. The molecule has 3 nitrogen and oxygen atoms in total. The lowest BCUT2D eigenvalue weighted by molar-refractivity contribution is -0.231. The minimum atomic E-state index is -0.0400. The van der Waals surface area contributed by atoms with Crippen LogP contribution in [0, 0.1) is 16.7 Å². The number of hydrogen-bond donors (Lipinski definition) is 1. The van der Waals surface area contributed by atoms with Crippen molar-refractivity contribution in [2.45, 2.75) is 38.5 Å². The maximum absolute atomic E-state index is 11.6. The Balaban J connectivity index is 1.52. The highest BCUT2D eigenvalue weighted by atomic mass is 16.5. The summed E-state index contributed by atoms with van der Waals surface area (Å²) in [5.41, 5.74) is 0.498. The number of hydrogen-bond acceptors (Lipinski definition) is 3. The van der Waals surface area contributed by atoms with E-state index >= 15 is 0 Å². The predicted molar refractivity (Wildman–Crippen MR) is 60.9 cm³/mol. The summed E-state index contributed by atoms with van der Waals surface area (Å²) < 4.78 is 4.88. The standard InChI is InChI=1S/C13H21NO2/c1-16-11(15)13-7-12(8-13,9-13)6-10-2-4-14-5-3-10/h10,14H,2-9H2,1H3. The van der Waals surface area contributed by atoms with Crippen LogP contribution in [-0.4, -0.2) is 26.2 Å². The SMILES string of the molecule is COC(=O)C12CC(CC3CCNCC3)(C1)C2. The Hall–Kier alpha value is -0.570. The van der Waals surface area contributed by atoms with Crippen molar-refractivity contribution in [2.75, 3.05) is 20.2 Å². The summed E-state index contributed by atoms with van der Waals surface area (Å²) in [6.07, 6.45) is 7.33. The van der Waals surface area contributed by atoms with Crippen LogP contribution in [0.5, 0.6) is 0 Å². The minimum Gasteiger partial charge on any atom is -0.469 e. The van der Waals surface area contributed by atoms with Crippen LogP contribution >= 0.6 is 0 Å². The quantitative estimate of drug-likeness (QED) is 0.740. The van der Waals surface area contributed by atoms with Crippen molar-refractivity contribution >= 4 is 5.97 Å². The molecule has 1 aliphatic heterocycles. The first-order valence-corrected chi connectivity index (χ1v) is 6.47. The number of nitrogens with one attached hydrogen (secondary N) is 1. The normalized spacial score (nSPS) is 42.1. The molecule has 3 saturated carbocycles. The summed E-state index contributed by atoms with van der Waals surface area (Å²) in [6, 6.07) is 0. The van der Waals surface area contributed by atoms with E-state index in [1.807, 2.05) is 0 Å². The zero-order valence-electron chi connectivity index (χ0n) is 10.1. The average Bonchev–Trinajstić information content (AvgIpc) is 2.22. The molecular weight excluding hydrogens is 202 g/mol. The molecule has 90 valence electrons. The molecule has 0 spiro atoms. The minimum absolute atomic E-state index is 0.0400. The first kappa shape index (κ1) is 10.6. The molecule has 0 amide bonds. The van der Waals surface area contributed by atoms with E-state index in [2.05, 4.69) is 5.32 Å². The van der Waals surface area contributed by atoms with Gasteiger partial charge in [0.1, 0.15) is 0 Å². The van der Waals surface area contributed by atoms with Crippen molar-refractivity contribution in [3.05, 3.63) is 0 Å². The molecule has 1 saturated heterocycles. The monoisotopic (exact) mass is 223 g/mol. The van der Waals surface area contributed by atoms with Crippen LogP contribution in [-0.2, 0) is 9.53 Å². The van der Waals surface area contributed by atoms with E-state index in [0.29, 0.717) is 5.41 Å². The molecule has 4 fully saturated rings. The summed E-state index contributed by atoms with van der Waals surface area (Å²) in [4.78, 5) is 11.6. The second-order valence-corrected chi connectivity index (χ2v) is 6.20. The van der Waals surface area contributed by atoms with Crippen molar-refractivity contribution in [2.24, 2.45) is 16.7 Å². The molecule has 4 rings (SSSR count). The van der Waals surface area contributed by atoms with Gasteiger partial charge in [-0.15, -0.1) is 0 Å². The van der Waals surface area contributed by atoms with E-state index in [-0.39, 0.29) is 11.4 Å². The number of carbonyl (C=O) groups excluding carboxylic acids is 1. The van der Waals surface area contributed by atoms with Gasteiger partial charge < -0.3 is 10.1 Å². The molecule has 0 aromatic rings. The smallest absolute Gasteiger partial charge is 0.311 e. The van der Waals surface area contributed by atoms with Crippen molar-refractivity contribution in [3.63, 3.8) is 0 Å². The van der Waals surface area contributed by atoms with E-state index in [0.717, 1.165) is 25.2 Å². The molecule has 16 heavy (non-hydrogen) atoms. The van der Waals surface area contributed by atoms with Gasteiger partial charge in [0.05, 0.1) is 12.5 Å². The summed E-state index contributed by atoms with van der Waals surface area (Å²) in [5, 5.41) is 3.41. The Morgan fingerprint density at radius 1 is 1.31 bits per heavy atom. The van der Waals surface area contributed by atoms with Crippen molar-refractivity contribution < 1.29 is 9.53 Å². The number of rotatable bonds is 3. The number of esters is 1. The highest BCUT2D eigenvalue weighted by Crippen LogP contribution is 2.75. The summed E-state index contributed by atoms with van der Waals surface area (Å²) in [7, 11) is 1.52. The van der Waals surface area contributed by atoms with E-state index in [1.165, 1.54) is 39.5 Å². The molecule has 3 heteroatoms. The fourth-order valence-corrected chi connectivity index (χ4v) is 4.35. The van der Waals surface area contributed by atoms with Gasteiger partial charge in [0.2, 0.25) is 0 Å². The maximum atomic E-state index is 11.6. The third-order valence-electron chi connectivity index (χ3n) is 4.94. The Morgan fingerprint density at radius 2 is 1.94 bits per heavy atom.